The Morgan fingerprint density at radius 3 is 2.75 bits per heavy atom. The first kappa shape index (κ1) is 13.1. The molecule has 0 radical (unpaired) electrons. The minimum Gasteiger partial charge on any atom is -0.443 e. The van der Waals surface area contributed by atoms with E-state index in [1.807, 2.05) is 33.0 Å². The molecule has 1 heterocycles. The number of hydrogen-bond acceptors (Lipinski definition) is 2. The first-order valence-electron chi connectivity index (χ1n) is 5.12. The van der Waals surface area contributed by atoms with Crippen molar-refractivity contribution >= 4 is 22.0 Å². The summed E-state index contributed by atoms with van der Waals surface area (Å²) in [5.74, 6) is 0.183. The lowest BCUT2D eigenvalue weighted by Crippen LogP contribution is -2.38. The lowest BCUT2D eigenvalue weighted by molar-refractivity contribution is 0.00479. The molecular weight excluding hydrogens is 272 g/mol. The molecule has 5 heteroatoms. The third-order valence-corrected chi connectivity index (χ3v) is 3.26. The Bertz CT molecular complexity index is 374. The van der Waals surface area contributed by atoms with E-state index in [0.29, 0.717) is 0 Å². The summed E-state index contributed by atoms with van der Waals surface area (Å²) in [5.41, 5.74) is 5.65. The fraction of sp³-hybridized carbons (Fsp3) is 0.545. The lowest BCUT2D eigenvalue weighted by Gasteiger charge is -2.30. The number of ether oxygens (including phenoxy) is 1. The molecule has 1 rings (SSSR count). The number of carbonyl (C=O) groups is 1. The number of halogens is 1. The highest BCUT2D eigenvalue weighted by atomic mass is 79.9. The molecule has 0 bridgehead atoms. The highest BCUT2D eigenvalue weighted by Crippen LogP contribution is 2.25. The summed E-state index contributed by atoms with van der Waals surface area (Å²) in [6, 6.07) is 2.01. The molecule has 0 saturated carbocycles. The van der Waals surface area contributed by atoms with E-state index in [1.165, 1.54) is 5.56 Å². The summed E-state index contributed by atoms with van der Waals surface area (Å²) in [6.07, 6.45) is 2.02. The summed E-state index contributed by atoms with van der Waals surface area (Å²) in [6.45, 7) is 5.76. The molecule has 16 heavy (non-hydrogen) atoms. The molecule has 1 unspecified atom stereocenters. The molecule has 0 fully saturated rings. The highest BCUT2D eigenvalue weighted by molar-refractivity contribution is 9.10. The molecule has 1 aromatic heterocycles. The molecular formula is C11H17BrN2O2. The van der Waals surface area contributed by atoms with Gasteiger partial charge in [0, 0.05) is 6.20 Å². The van der Waals surface area contributed by atoms with Gasteiger partial charge in [0.1, 0.15) is 5.60 Å². The van der Waals surface area contributed by atoms with E-state index in [-0.39, 0.29) is 5.92 Å². The van der Waals surface area contributed by atoms with E-state index >= 15 is 0 Å². The average Bonchev–Trinajstić information content (AvgIpc) is 2.48. The van der Waals surface area contributed by atoms with Crippen molar-refractivity contribution in [2.45, 2.75) is 32.8 Å². The maximum Gasteiger partial charge on any atom is 0.405 e. The molecule has 0 spiro atoms. The second-order valence-corrected chi connectivity index (χ2v) is 5.34. The van der Waals surface area contributed by atoms with Crippen molar-refractivity contribution in [1.82, 2.24) is 4.98 Å². The maximum atomic E-state index is 10.8. The Morgan fingerprint density at radius 2 is 2.31 bits per heavy atom. The van der Waals surface area contributed by atoms with Crippen LogP contribution in [0.25, 0.3) is 0 Å². The Kier molecular flexibility index (Phi) is 4.02. The third kappa shape index (κ3) is 3.56. The van der Waals surface area contributed by atoms with Gasteiger partial charge in [-0.2, -0.15) is 0 Å². The molecule has 1 amide bonds. The smallest absolute Gasteiger partial charge is 0.405 e. The number of aromatic nitrogens is 1. The van der Waals surface area contributed by atoms with E-state index in [2.05, 4.69) is 20.9 Å². The molecule has 1 atom stereocenters. The van der Waals surface area contributed by atoms with Crippen LogP contribution in [0.3, 0.4) is 0 Å². The number of rotatable bonds is 4. The van der Waals surface area contributed by atoms with E-state index in [1.54, 1.807) is 0 Å². The van der Waals surface area contributed by atoms with Gasteiger partial charge in [-0.15, -0.1) is 0 Å². The summed E-state index contributed by atoms with van der Waals surface area (Å²) >= 11 is 3.35. The zero-order valence-electron chi connectivity index (χ0n) is 9.71. The number of nitrogens with two attached hydrogens (primary N) is 1. The normalized spacial score (nSPS) is 13.5. The standard InChI is InChI=1S/C11H17BrN2O2/c1-7(11(2,3)16-10(13)15)4-8-5-9(12)14-6-8/h5-7,14H,4H2,1-3H3,(H2,13,15). The third-order valence-electron chi connectivity index (χ3n) is 2.80. The van der Waals surface area contributed by atoms with Crippen molar-refractivity contribution in [1.29, 1.82) is 0 Å². The number of nitrogens with one attached hydrogen (secondary N) is 1. The van der Waals surface area contributed by atoms with Gasteiger partial charge in [0.05, 0.1) is 4.60 Å². The van der Waals surface area contributed by atoms with Crippen LogP contribution < -0.4 is 5.73 Å². The monoisotopic (exact) mass is 288 g/mol. The van der Waals surface area contributed by atoms with E-state index in [0.717, 1.165) is 11.0 Å². The molecule has 3 N–H and O–H groups in total. The molecule has 0 saturated heterocycles. The number of amides is 1. The van der Waals surface area contributed by atoms with Crippen LogP contribution in [-0.4, -0.2) is 16.7 Å². The average molecular weight is 289 g/mol. The van der Waals surface area contributed by atoms with Crippen LogP contribution in [0.5, 0.6) is 0 Å². The first-order valence-corrected chi connectivity index (χ1v) is 5.92. The van der Waals surface area contributed by atoms with Crippen LogP contribution >= 0.6 is 15.9 Å². The van der Waals surface area contributed by atoms with Gasteiger partial charge in [0.15, 0.2) is 0 Å². The second-order valence-electron chi connectivity index (χ2n) is 4.49. The molecule has 1 aromatic rings. The summed E-state index contributed by atoms with van der Waals surface area (Å²) in [4.78, 5) is 13.8. The number of hydrogen-bond donors (Lipinski definition) is 2. The Morgan fingerprint density at radius 1 is 1.69 bits per heavy atom. The van der Waals surface area contributed by atoms with Crippen molar-refractivity contribution in [3.63, 3.8) is 0 Å². The quantitative estimate of drug-likeness (QED) is 0.895. The van der Waals surface area contributed by atoms with Crippen molar-refractivity contribution in [2.24, 2.45) is 11.7 Å². The predicted octanol–water partition coefficient (Wildman–Crippen LogP) is 2.83. The highest BCUT2D eigenvalue weighted by Gasteiger charge is 2.29. The van der Waals surface area contributed by atoms with Gasteiger partial charge in [-0.3, -0.25) is 0 Å². The van der Waals surface area contributed by atoms with Gasteiger partial charge >= 0.3 is 6.09 Å². The fourth-order valence-electron chi connectivity index (χ4n) is 1.48. The number of carbonyl (C=O) groups excluding carboxylic acids is 1. The van der Waals surface area contributed by atoms with E-state index < -0.39 is 11.7 Å². The fourth-order valence-corrected chi connectivity index (χ4v) is 1.89. The van der Waals surface area contributed by atoms with Crippen molar-refractivity contribution in [3.8, 4) is 0 Å². The summed E-state index contributed by atoms with van der Waals surface area (Å²) in [7, 11) is 0. The van der Waals surface area contributed by atoms with Crippen LogP contribution in [0, 0.1) is 5.92 Å². The van der Waals surface area contributed by atoms with Gasteiger partial charge in [-0.1, -0.05) is 6.92 Å². The van der Waals surface area contributed by atoms with Gasteiger partial charge in [0.25, 0.3) is 0 Å². The molecule has 0 aliphatic carbocycles. The molecule has 90 valence electrons. The summed E-state index contributed by atoms with van der Waals surface area (Å²) < 4.78 is 6.04. The van der Waals surface area contributed by atoms with Crippen molar-refractivity contribution in [2.75, 3.05) is 0 Å². The number of primary amides is 1. The summed E-state index contributed by atoms with van der Waals surface area (Å²) in [5, 5.41) is 0. The minimum atomic E-state index is -0.730. The predicted molar refractivity (Wildman–Crippen MR) is 66.1 cm³/mol. The van der Waals surface area contributed by atoms with Crippen LogP contribution in [0.15, 0.2) is 16.9 Å². The second kappa shape index (κ2) is 4.91. The Hall–Kier alpha value is -0.970. The molecule has 0 aliphatic rings. The van der Waals surface area contributed by atoms with Gasteiger partial charge in [-0.05, 0) is 53.7 Å². The van der Waals surface area contributed by atoms with Gasteiger partial charge in [-0.25, -0.2) is 4.79 Å². The van der Waals surface area contributed by atoms with Crippen LogP contribution in [0.4, 0.5) is 4.79 Å². The van der Waals surface area contributed by atoms with E-state index in [9.17, 15) is 4.79 Å². The molecule has 4 nitrogen and oxygen atoms in total. The van der Waals surface area contributed by atoms with Crippen molar-refractivity contribution in [3.05, 3.63) is 22.4 Å². The van der Waals surface area contributed by atoms with Crippen LogP contribution in [0.2, 0.25) is 0 Å². The van der Waals surface area contributed by atoms with Crippen LogP contribution in [-0.2, 0) is 11.2 Å². The maximum absolute atomic E-state index is 10.8. The van der Waals surface area contributed by atoms with Gasteiger partial charge in [0.2, 0.25) is 0 Å². The van der Waals surface area contributed by atoms with Crippen molar-refractivity contribution < 1.29 is 9.53 Å². The zero-order chi connectivity index (χ0) is 12.3. The Labute approximate surface area is 104 Å². The van der Waals surface area contributed by atoms with Gasteiger partial charge < -0.3 is 15.5 Å². The topological polar surface area (TPSA) is 68.1 Å². The Balaban J connectivity index is 2.63. The number of aromatic amines is 1. The molecule has 0 aromatic carbocycles. The van der Waals surface area contributed by atoms with Crippen LogP contribution in [0.1, 0.15) is 26.3 Å². The largest absolute Gasteiger partial charge is 0.443 e. The zero-order valence-corrected chi connectivity index (χ0v) is 11.3. The van der Waals surface area contributed by atoms with E-state index in [4.69, 9.17) is 10.5 Å². The minimum absolute atomic E-state index is 0.183. The lowest BCUT2D eigenvalue weighted by atomic mass is 9.88. The number of H-pyrrole nitrogens is 1. The molecule has 0 aliphatic heterocycles. The SMILES string of the molecule is CC(Cc1c[nH]c(Br)c1)C(C)(C)OC(N)=O. The first-order chi connectivity index (χ1) is 7.31.